The summed E-state index contributed by atoms with van der Waals surface area (Å²) in [5, 5.41) is 21.0. The minimum Gasteiger partial charge on any atom is -0.496 e. The van der Waals surface area contributed by atoms with E-state index in [0.29, 0.717) is 11.3 Å². The summed E-state index contributed by atoms with van der Waals surface area (Å²) in [6.07, 6.45) is -0.454. The van der Waals surface area contributed by atoms with Crippen molar-refractivity contribution >= 4 is 27.8 Å². The third-order valence-corrected chi connectivity index (χ3v) is 3.06. The van der Waals surface area contributed by atoms with Crippen molar-refractivity contribution in [3.63, 3.8) is 0 Å². The number of carboxylic acid groups (broad SMARTS) is 1. The van der Waals surface area contributed by atoms with E-state index in [0.717, 1.165) is 4.47 Å². The molecule has 0 fully saturated rings. The fourth-order valence-electron chi connectivity index (χ4n) is 1.61. The average molecular weight is 346 g/mol. The van der Waals surface area contributed by atoms with Crippen LogP contribution in [0.3, 0.4) is 0 Å². The minimum atomic E-state index is -1.51. The number of carbonyl (C=O) groups is 2. The van der Waals surface area contributed by atoms with Gasteiger partial charge in [0.05, 0.1) is 24.7 Å². The van der Waals surface area contributed by atoms with Crippen LogP contribution in [0.1, 0.15) is 23.7 Å². The molecule has 0 saturated carbocycles. The van der Waals surface area contributed by atoms with Gasteiger partial charge in [0, 0.05) is 11.0 Å². The molecule has 0 aromatic heterocycles. The van der Waals surface area contributed by atoms with E-state index in [4.69, 9.17) is 9.84 Å². The highest BCUT2D eigenvalue weighted by atomic mass is 79.9. The number of hydrogen-bond donors (Lipinski definition) is 3. The Morgan fingerprint density at radius 2 is 2.10 bits per heavy atom. The molecule has 1 atom stereocenters. The Bertz CT molecular complexity index is 515. The molecule has 0 aliphatic rings. The predicted octanol–water partition coefficient (Wildman–Crippen LogP) is 1.41. The van der Waals surface area contributed by atoms with Gasteiger partial charge in [-0.25, -0.2) is 0 Å². The van der Waals surface area contributed by atoms with Crippen LogP contribution in [-0.4, -0.2) is 41.3 Å². The normalized spacial score (nSPS) is 13.4. The Hall–Kier alpha value is -1.60. The van der Waals surface area contributed by atoms with Gasteiger partial charge in [-0.3, -0.25) is 9.59 Å². The van der Waals surface area contributed by atoms with Gasteiger partial charge < -0.3 is 20.3 Å². The lowest BCUT2D eigenvalue weighted by Gasteiger charge is -2.21. The second-order valence-electron chi connectivity index (χ2n) is 4.59. The zero-order chi connectivity index (χ0) is 15.3. The van der Waals surface area contributed by atoms with Crippen molar-refractivity contribution in [2.75, 3.05) is 13.7 Å². The van der Waals surface area contributed by atoms with Gasteiger partial charge in [-0.1, -0.05) is 15.9 Å². The molecule has 3 N–H and O–H groups in total. The van der Waals surface area contributed by atoms with E-state index in [-0.39, 0.29) is 6.54 Å². The summed E-state index contributed by atoms with van der Waals surface area (Å²) in [7, 11) is 1.44. The third-order valence-electron chi connectivity index (χ3n) is 2.57. The van der Waals surface area contributed by atoms with Crippen molar-refractivity contribution in [1.29, 1.82) is 0 Å². The van der Waals surface area contributed by atoms with Gasteiger partial charge in [0.15, 0.2) is 0 Å². The minimum absolute atomic E-state index is 0.169. The Kier molecular flexibility index (Phi) is 5.52. The van der Waals surface area contributed by atoms with Crippen LogP contribution in [0.4, 0.5) is 0 Å². The number of aliphatic hydroxyl groups is 1. The number of rotatable bonds is 6. The lowest BCUT2D eigenvalue weighted by molar-refractivity contribution is -0.141. The van der Waals surface area contributed by atoms with E-state index >= 15 is 0 Å². The molecule has 0 bridgehead atoms. The molecule has 0 radical (unpaired) electrons. The van der Waals surface area contributed by atoms with E-state index < -0.39 is 23.9 Å². The fourth-order valence-corrected chi connectivity index (χ4v) is 1.95. The maximum absolute atomic E-state index is 12.0. The maximum atomic E-state index is 12.0. The van der Waals surface area contributed by atoms with Crippen LogP contribution >= 0.6 is 15.9 Å². The summed E-state index contributed by atoms with van der Waals surface area (Å²) in [6, 6.07) is 4.90. The second-order valence-corrected chi connectivity index (χ2v) is 5.51. The molecule has 7 heteroatoms. The second kappa shape index (κ2) is 6.71. The number of carboxylic acids is 1. The van der Waals surface area contributed by atoms with Crippen LogP contribution in [-0.2, 0) is 4.79 Å². The molecule has 1 amide bonds. The van der Waals surface area contributed by atoms with Gasteiger partial charge in [0.1, 0.15) is 5.75 Å². The van der Waals surface area contributed by atoms with Gasteiger partial charge >= 0.3 is 5.97 Å². The molecule has 0 saturated heterocycles. The molecule has 0 heterocycles. The lowest BCUT2D eigenvalue weighted by atomic mass is 10.0. The molecular weight excluding hydrogens is 330 g/mol. The van der Waals surface area contributed by atoms with E-state index in [9.17, 15) is 14.7 Å². The molecule has 0 spiro atoms. The highest BCUT2D eigenvalue weighted by molar-refractivity contribution is 9.10. The summed E-state index contributed by atoms with van der Waals surface area (Å²) in [6.45, 7) is 1.18. The first-order valence-corrected chi connectivity index (χ1v) is 6.60. The monoisotopic (exact) mass is 345 g/mol. The lowest BCUT2D eigenvalue weighted by Crippen LogP contribution is -2.42. The Morgan fingerprint density at radius 1 is 1.45 bits per heavy atom. The first-order valence-electron chi connectivity index (χ1n) is 5.81. The topological polar surface area (TPSA) is 95.9 Å². The highest BCUT2D eigenvalue weighted by Gasteiger charge is 2.25. The maximum Gasteiger partial charge on any atom is 0.306 e. The van der Waals surface area contributed by atoms with Crippen LogP contribution in [0.5, 0.6) is 5.75 Å². The first kappa shape index (κ1) is 16.5. The van der Waals surface area contributed by atoms with Crippen LogP contribution in [0.2, 0.25) is 0 Å². The van der Waals surface area contributed by atoms with Crippen LogP contribution in [0.15, 0.2) is 22.7 Å². The highest BCUT2D eigenvalue weighted by Crippen LogP contribution is 2.23. The van der Waals surface area contributed by atoms with E-state index in [1.165, 1.54) is 14.0 Å². The number of benzene rings is 1. The summed E-state index contributed by atoms with van der Waals surface area (Å²) >= 11 is 3.27. The standard InChI is InChI=1S/C13H16BrNO5/c1-13(19,6-11(16)17)7-15-12(18)9-4-3-8(14)5-10(9)20-2/h3-5,19H,6-7H2,1-2H3,(H,15,18)(H,16,17). The van der Waals surface area contributed by atoms with Crippen molar-refractivity contribution in [2.45, 2.75) is 18.9 Å². The summed E-state index contributed by atoms with van der Waals surface area (Å²) in [5.41, 5.74) is -1.20. The van der Waals surface area contributed by atoms with E-state index in [1.54, 1.807) is 18.2 Å². The number of halogens is 1. The number of nitrogens with one attached hydrogen (secondary N) is 1. The summed E-state index contributed by atoms with van der Waals surface area (Å²) < 4.78 is 5.86. The summed E-state index contributed by atoms with van der Waals surface area (Å²) in [4.78, 5) is 22.6. The molecular formula is C13H16BrNO5. The largest absolute Gasteiger partial charge is 0.496 e. The molecule has 20 heavy (non-hydrogen) atoms. The smallest absolute Gasteiger partial charge is 0.306 e. The van der Waals surface area contributed by atoms with E-state index in [1.807, 2.05) is 0 Å². The quantitative estimate of drug-likeness (QED) is 0.724. The molecule has 110 valence electrons. The number of methoxy groups -OCH3 is 1. The molecule has 1 rings (SSSR count). The summed E-state index contributed by atoms with van der Waals surface area (Å²) in [5.74, 6) is -1.19. The van der Waals surface area contributed by atoms with Crippen LogP contribution in [0.25, 0.3) is 0 Å². The van der Waals surface area contributed by atoms with Gasteiger partial charge in [0.25, 0.3) is 5.91 Å². The fraction of sp³-hybridized carbons (Fsp3) is 0.385. The van der Waals surface area contributed by atoms with E-state index in [2.05, 4.69) is 21.2 Å². The first-order chi connectivity index (χ1) is 9.25. The van der Waals surface area contributed by atoms with Gasteiger partial charge in [-0.15, -0.1) is 0 Å². The Labute approximate surface area is 124 Å². The Morgan fingerprint density at radius 3 is 2.65 bits per heavy atom. The zero-order valence-electron chi connectivity index (χ0n) is 11.1. The van der Waals surface area contributed by atoms with Gasteiger partial charge in [0.2, 0.25) is 0 Å². The number of carbonyl (C=O) groups excluding carboxylic acids is 1. The zero-order valence-corrected chi connectivity index (χ0v) is 12.7. The Balaban J connectivity index is 2.75. The SMILES string of the molecule is COc1cc(Br)ccc1C(=O)NCC(C)(O)CC(=O)O. The third kappa shape index (κ3) is 4.82. The van der Waals surface area contributed by atoms with Crippen LogP contribution in [0, 0.1) is 0 Å². The number of amides is 1. The average Bonchev–Trinajstić information content (AvgIpc) is 2.34. The predicted molar refractivity (Wildman–Crippen MR) is 75.9 cm³/mol. The number of aliphatic carboxylic acids is 1. The molecule has 1 unspecified atom stereocenters. The van der Waals surface area contributed by atoms with Crippen molar-refractivity contribution in [3.05, 3.63) is 28.2 Å². The molecule has 1 aromatic carbocycles. The number of hydrogen-bond acceptors (Lipinski definition) is 4. The van der Waals surface area contributed by atoms with Gasteiger partial charge in [-0.05, 0) is 25.1 Å². The van der Waals surface area contributed by atoms with Crippen molar-refractivity contribution in [2.24, 2.45) is 0 Å². The van der Waals surface area contributed by atoms with Gasteiger partial charge in [-0.2, -0.15) is 0 Å². The molecule has 0 aliphatic heterocycles. The van der Waals surface area contributed by atoms with Crippen LogP contribution < -0.4 is 10.1 Å². The molecule has 6 nitrogen and oxygen atoms in total. The molecule has 0 aliphatic carbocycles. The van der Waals surface area contributed by atoms with Crippen molar-refractivity contribution in [1.82, 2.24) is 5.32 Å². The van der Waals surface area contributed by atoms with Crippen molar-refractivity contribution < 1.29 is 24.5 Å². The molecule has 1 aromatic rings. The van der Waals surface area contributed by atoms with Crippen molar-refractivity contribution in [3.8, 4) is 5.75 Å². The number of ether oxygens (including phenoxy) is 1.